The standard InChI is InChI=1S/C36H65NO13/c1-13-24-36(10,45)29(40)19(4)26(38)17(2)15-35(9,44)31(50-33-27(39)23(37(11)12)14-18(3)46-33)20(5)28(21(6)32(42)48-24)49-25-16-34(8,43)30(41)22(7)47-25/h17-25,27-31,33,39-41,43-45H,13-16H2,1-12H3/t17-,18-,19+,20+,21-,22-,23?,24-,25?,27?,28+,29-,30?,31-,33+,34-,35-,36-/m1/s1. The number of Topliss-reactive ketones (excluding diaryl/α,β-unsaturated/α-hetero) is 1. The zero-order chi connectivity index (χ0) is 38.3. The quantitative estimate of drug-likeness (QED) is 0.213. The molecule has 14 heteroatoms. The number of esters is 1. The van der Waals surface area contributed by atoms with E-state index >= 15 is 0 Å². The van der Waals surface area contributed by atoms with Gasteiger partial charge in [-0.1, -0.05) is 27.7 Å². The Labute approximate surface area is 297 Å². The largest absolute Gasteiger partial charge is 0.459 e. The summed E-state index contributed by atoms with van der Waals surface area (Å²) in [5, 5.41) is 68.1. The monoisotopic (exact) mass is 719 g/mol. The molecule has 0 aromatic carbocycles. The van der Waals surface area contributed by atoms with E-state index in [9.17, 15) is 40.2 Å². The number of aliphatic hydroxyl groups is 6. The molecule has 292 valence electrons. The second-order valence-corrected chi connectivity index (χ2v) is 16.3. The lowest BCUT2D eigenvalue weighted by molar-refractivity contribution is -0.316. The molecule has 0 saturated carbocycles. The fourth-order valence-electron chi connectivity index (χ4n) is 8.22. The van der Waals surface area contributed by atoms with Gasteiger partial charge in [0.05, 0.1) is 47.6 Å². The van der Waals surface area contributed by atoms with E-state index < -0.39 is 108 Å². The Morgan fingerprint density at radius 3 is 1.98 bits per heavy atom. The molecule has 0 spiro atoms. The van der Waals surface area contributed by atoms with E-state index in [1.807, 2.05) is 25.9 Å². The van der Waals surface area contributed by atoms with Crippen molar-refractivity contribution in [2.45, 2.75) is 179 Å². The van der Waals surface area contributed by atoms with Crippen molar-refractivity contribution in [3.63, 3.8) is 0 Å². The third-order valence-electron chi connectivity index (χ3n) is 11.4. The fourth-order valence-corrected chi connectivity index (χ4v) is 8.22. The summed E-state index contributed by atoms with van der Waals surface area (Å²) in [5.41, 5.74) is -5.42. The van der Waals surface area contributed by atoms with E-state index in [2.05, 4.69) is 0 Å². The van der Waals surface area contributed by atoms with Gasteiger partial charge in [-0.2, -0.15) is 0 Å². The molecule has 3 saturated heterocycles. The highest BCUT2D eigenvalue weighted by Gasteiger charge is 2.53. The second-order valence-electron chi connectivity index (χ2n) is 16.3. The molecule has 0 aromatic rings. The SMILES string of the molecule is CC[C@H]1OC(=O)[C@H](C)[C@@H](OC2C[C@@](C)(O)C(O)[C@@H](C)O2)[C@H](C)[C@@H](O[C@@H]2O[C@H](C)CC(N(C)C)C2O)[C@](C)(O)C[C@@H](C)C(=O)[C@H](C)[C@@H](O)[C@]1(C)O. The zero-order valence-corrected chi connectivity index (χ0v) is 32.0. The molecule has 0 radical (unpaired) electrons. The first-order chi connectivity index (χ1) is 22.9. The average molecular weight is 720 g/mol. The second kappa shape index (κ2) is 16.4. The number of cyclic esters (lactones) is 1. The lowest BCUT2D eigenvalue weighted by Crippen LogP contribution is -2.61. The fraction of sp³-hybridized carbons (Fsp3) is 0.944. The first-order valence-corrected chi connectivity index (χ1v) is 18.1. The van der Waals surface area contributed by atoms with Crippen LogP contribution in [-0.2, 0) is 33.3 Å². The maximum Gasteiger partial charge on any atom is 0.311 e. The molecule has 3 aliphatic heterocycles. The highest BCUT2D eigenvalue weighted by molar-refractivity contribution is 5.83. The maximum absolute atomic E-state index is 14.0. The topological polar surface area (TPSA) is 205 Å². The van der Waals surface area contributed by atoms with Crippen LogP contribution >= 0.6 is 0 Å². The van der Waals surface area contributed by atoms with Crippen LogP contribution in [0.3, 0.4) is 0 Å². The van der Waals surface area contributed by atoms with Gasteiger partial charge in [0, 0.05) is 30.2 Å². The number of ether oxygens (including phenoxy) is 5. The van der Waals surface area contributed by atoms with Crippen LogP contribution in [0.4, 0.5) is 0 Å². The van der Waals surface area contributed by atoms with Crippen LogP contribution in [0.15, 0.2) is 0 Å². The summed E-state index contributed by atoms with van der Waals surface area (Å²) < 4.78 is 31.0. The molecular weight excluding hydrogens is 654 g/mol. The first-order valence-electron chi connectivity index (χ1n) is 18.1. The van der Waals surface area contributed by atoms with Crippen LogP contribution in [0.25, 0.3) is 0 Å². The number of aliphatic hydroxyl groups excluding tert-OH is 3. The van der Waals surface area contributed by atoms with Crippen LogP contribution in [-0.4, -0.2) is 146 Å². The number of hydrogen-bond donors (Lipinski definition) is 6. The van der Waals surface area contributed by atoms with Crippen LogP contribution in [0.5, 0.6) is 0 Å². The molecule has 4 unspecified atom stereocenters. The smallest absolute Gasteiger partial charge is 0.311 e. The molecule has 0 aromatic heterocycles. The molecule has 3 aliphatic rings. The minimum absolute atomic E-state index is 0.118. The van der Waals surface area contributed by atoms with Gasteiger partial charge in [-0.25, -0.2) is 0 Å². The van der Waals surface area contributed by atoms with Gasteiger partial charge in [-0.3, -0.25) is 9.59 Å². The van der Waals surface area contributed by atoms with Crippen LogP contribution in [0.2, 0.25) is 0 Å². The highest BCUT2D eigenvalue weighted by atomic mass is 16.7. The highest BCUT2D eigenvalue weighted by Crippen LogP contribution is 2.40. The predicted molar refractivity (Wildman–Crippen MR) is 181 cm³/mol. The number of hydrogen-bond acceptors (Lipinski definition) is 14. The average Bonchev–Trinajstić information content (AvgIpc) is 3.01. The Hall–Kier alpha value is -1.30. The molecular formula is C36H65NO13. The van der Waals surface area contributed by atoms with Gasteiger partial charge in [-0.05, 0) is 74.9 Å². The number of ketones is 1. The van der Waals surface area contributed by atoms with E-state index in [0.29, 0.717) is 6.42 Å². The Balaban J connectivity index is 2.17. The number of rotatable bonds is 6. The summed E-state index contributed by atoms with van der Waals surface area (Å²) in [7, 11) is 3.67. The summed E-state index contributed by atoms with van der Waals surface area (Å²) in [6.45, 7) is 15.8. The summed E-state index contributed by atoms with van der Waals surface area (Å²) in [4.78, 5) is 29.6. The molecule has 14 nitrogen and oxygen atoms in total. The van der Waals surface area contributed by atoms with Crippen LogP contribution < -0.4 is 0 Å². The van der Waals surface area contributed by atoms with Gasteiger partial charge in [0.15, 0.2) is 12.6 Å². The van der Waals surface area contributed by atoms with E-state index in [0.717, 1.165) is 0 Å². The van der Waals surface area contributed by atoms with Gasteiger partial charge in [-0.15, -0.1) is 0 Å². The van der Waals surface area contributed by atoms with Crippen molar-refractivity contribution < 1.29 is 63.9 Å². The third kappa shape index (κ3) is 9.25. The minimum Gasteiger partial charge on any atom is -0.459 e. The Morgan fingerprint density at radius 1 is 0.840 bits per heavy atom. The van der Waals surface area contributed by atoms with Gasteiger partial charge in [0.1, 0.15) is 29.7 Å². The Morgan fingerprint density at radius 2 is 1.44 bits per heavy atom. The van der Waals surface area contributed by atoms with Gasteiger partial charge < -0.3 is 59.2 Å². The third-order valence-corrected chi connectivity index (χ3v) is 11.4. The van der Waals surface area contributed by atoms with Crippen LogP contribution in [0.1, 0.15) is 94.9 Å². The number of carbonyl (C=O) groups is 2. The molecule has 3 fully saturated rings. The molecule has 0 bridgehead atoms. The minimum atomic E-state index is -2.01. The normalized spacial score (nSPS) is 50.5. The summed E-state index contributed by atoms with van der Waals surface area (Å²) in [6.07, 6.45) is -10.7. The zero-order valence-electron chi connectivity index (χ0n) is 32.0. The van der Waals surface area contributed by atoms with E-state index in [-0.39, 0.29) is 31.4 Å². The summed E-state index contributed by atoms with van der Waals surface area (Å²) in [5.74, 6) is -5.14. The van der Waals surface area contributed by atoms with Crippen molar-refractivity contribution in [2.75, 3.05) is 14.1 Å². The first kappa shape index (κ1) is 43.1. The lowest BCUT2D eigenvalue weighted by atomic mass is 9.74. The van der Waals surface area contributed by atoms with Crippen molar-refractivity contribution in [1.82, 2.24) is 4.90 Å². The molecule has 0 amide bonds. The van der Waals surface area contributed by atoms with Crippen LogP contribution in [0, 0.1) is 23.7 Å². The lowest BCUT2D eigenvalue weighted by Gasteiger charge is -2.48. The molecule has 0 aliphatic carbocycles. The molecule has 3 heterocycles. The van der Waals surface area contributed by atoms with Gasteiger partial charge in [0.25, 0.3) is 0 Å². The number of likely N-dealkylation sites (N-methyl/N-ethyl adjacent to an activating group) is 1. The Bertz CT molecular complexity index is 1150. The van der Waals surface area contributed by atoms with E-state index in [1.165, 1.54) is 27.7 Å². The van der Waals surface area contributed by atoms with E-state index in [4.69, 9.17) is 23.7 Å². The van der Waals surface area contributed by atoms with Crippen molar-refractivity contribution in [2.24, 2.45) is 23.7 Å². The van der Waals surface area contributed by atoms with E-state index in [1.54, 1.807) is 34.6 Å². The number of nitrogens with zero attached hydrogens (tertiary/aromatic N) is 1. The molecule has 6 N–H and O–H groups in total. The maximum atomic E-state index is 14.0. The van der Waals surface area contributed by atoms with Gasteiger partial charge in [0.2, 0.25) is 0 Å². The van der Waals surface area contributed by atoms with Gasteiger partial charge >= 0.3 is 5.97 Å². The molecule has 3 rings (SSSR count). The number of carbonyl (C=O) groups excluding carboxylic acids is 2. The van der Waals surface area contributed by atoms with Crippen molar-refractivity contribution in [3.05, 3.63) is 0 Å². The Kier molecular flexibility index (Phi) is 14.1. The molecule has 50 heavy (non-hydrogen) atoms. The predicted octanol–water partition coefficient (Wildman–Crippen LogP) is 1.13. The van der Waals surface area contributed by atoms with Crippen molar-refractivity contribution in [1.29, 1.82) is 0 Å². The summed E-state index contributed by atoms with van der Waals surface area (Å²) in [6, 6.07) is -0.337. The van der Waals surface area contributed by atoms with Crippen molar-refractivity contribution in [3.8, 4) is 0 Å². The summed E-state index contributed by atoms with van der Waals surface area (Å²) >= 11 is 0. The molecule has 18 atom stereocenters. The van der Waals surface area contributed by atoms with Crippen molar-refractivity contribution >= 4 is 11.8 Å².